The summed E-state index contributed by atoms with van der Waals surface area (Å²) in [5.41, 5.74) is 1.74. The Labute approximate surface area is 150 Å². The second-order valence-electron chi connectivity index (χ2n) is 6.36. The van der Waals surface area contributed by atoms with Crippen molar-refractivity contribution in [1.82, 2.24) is 5.16 Å². The number of carbonyl (C=O) groups excluding carboxylic acids is 2. The topological polar surface area (TPSA) is 81.4 Å². The summed E-state index contributed by atoms with van der Waals surface area (Å²) in [6.45, 7) is 6.01. The maximum atomic E-state index is 12.5. The van der Waals surface area contributed by atoms with Crippen molar-refractivity contribution < 1.29 is 18.8 Å². The third kappa shape index (κ3) is 3.61. The number of aryl methyl sites for hydroxylation is 1. The molecule has 0 saturated heterocycles. The minimum atomic E-state index is -0.375. The molecule has 0 unspecified atom stereocenters. The number of anilines is 1. The summed E-state index contributed by atoms with van der Waals surface area (Å²) >= 11 is 1.46. The molecule has 0 bridgehead atoms. The molecule has 1 amide bonds. The minimum Gasteiger partial charge on any atom is -0.462 e. The number of rotatable bonds is 5. The molecule has 2 aromatic rings. The normalized spacial score (nSPS) is 13.6. The second-order valence-corrected chi connectivity index (χ2v) is 7.46. The summed E-state index contributed by atoms with van der Waals surface area (Å²) in [6.07, 6.45) is 3.93. The molecule has 0 atom stereocenters. The highest BCUT2D eigenvalue weighted by Crippen LogP contribution is 2.38. The van der Waals surface area contributed by atoms with Gasteiger partial charge in [-0.3, -0.25) is 4.79 Å². The van der Waals surface area contributed by atoms with Crippen LogP contribution in [0.4, 0.5) is 5.00 Å². The number of esters is 1. The molecule has 6 nitrogen and oxygen atoms in total. The Kier molecular flexibility index (Phi) is 5.22. The summed E-state index contributed by atoms with van der Waals surface area (Å²) < 4.78 is 10.4. The van der Waals surface area contributed by atoms with Crippen LogP contribution in [0.15, 0.2) is 10.6 Å². The van der Waals surface area contributed by atoms with E-state index in [0.29, 0.717) is 22.9 Å². The van der Waals surface area contributed by atoms with E-state index < -0.39 is 0 Å². The summed E-state index contributed by atoms with van der Waals surface area (Å²) in [5.74, 6) is 0.0550. The first-order valence-electron chi connectivity index (χ1n) is 8.60. The molecule has 0 aliphatic heterocycles. The van der Waals surface area contributed by atoms with Gasteiger partial charge >= 0.3 is 5.97 Å². The predicted octanol–water partition coefficient (Wildman–Crippen LogP) is 4.17. The van der Waals surface area contributed by atoms with E-state index in [1.54, 1.807) is 13.0 Å². The van der Waals surface area contributed by atoms with E-state index >= 15 is 0 Å². The van der Waals surface area contributed by atoms with Gasteiger partial charge in [0.25, 0.3) is 5.91 Å². The molecule has 0 fully saturated rings. The van der Waals surface area contributed by atoms with Crippen LogP contribution < -0.4 is 5.32 Å². The number of nitrogens with zero attached hydrogens (tertiary/aromatic N) is 1. The molecular weight excluding hydrogens is 340 g/mol. The minimum absolute atomic E-state index is 0.151. The third-order valence-electron chi connectivity index (χ3n) is 4.21. The summed E-state index contributed by atoms with van der Waals surface area (Å²) in [5, 5.41) is 7.21. The van der Waals surface area contributed by atoms with Gasteiger partial charge in [-0.05, 0) is 38.2 Å². The molecule has 3 rings (SSSR count). The Balaban J connectivity index is 1.89. The van der Waals surface area contributed by atoms with Crippen molar-refractivity contribution in [3.8, 4) is 0 Å². The maximum Gasteiger partial charge on any atom is 0.341 e. The number of hydrogen-bond acceptors (Lipinski definition) is 6. The van der Waals surface area contributed by atoms with Gasteiger partial charge in [0.05, 0.1) is 12.2 Å². The number of ether oxygens (including phenoxy) is 1. The maximum absolute atomic E-state index is 12.5. The van der Waals surface area contributed by atoms with Crippen molar-refractivity contribution in [2.45, 2.75) is 52.4 Å². The molecule has 2 aromatic heterocycles. The van der Waals surface area contributed by atoms with Gasteiger partial charge in [0.2, 0.25) is 0 Å². The molecule has 1 aliphatic rings. The van der Waals surface area contributed by atoms with Crippen molar-refractivity contribution in [3.05, 3.63) is 33.5 Å². The molecule has 7 heteroatoms. The third-order valence-corrected chi connectivity index (χ3v) is 5.42. The SMILES string of the molecule is CCOC(=O)c1c(NC(=O)c2cc(C(C)C)on2)sc2c1CCCC2. The number of nitrogens with one attached hydrogen (secondary N) is 1. The number of amides is 1. The zero-order chi connectivity index (χ0) is 18.0. The van der Waals surface area contributed by atoms with Gasteiger partial charge in [-0.25, -0.2) is 4.79 Å². The number of fused-ring (bicyclic) bond motifs is 1. The van der Waals surface area contributed by atoms with E-state index in [-0.39, 0.29) is 23.5 Å². The van der Waals surface area contributed by atoms with Crippen LogP contribution in [0.2, 0.25) is 0 Å². The zero-order valence-corrected chi connectivity index (χ0v) is 15.5. The fraction of sp³-hybridized carbons (Fsp3) is 0.500. The molecule has 1 aliphatic carbocycles. The first-order valence-corrected chi connectivity index (χ1v) is 9.42. The Morgan fingerprint density at radius 1 is 1.36 bits per heavy atom. The van der Waals surface area contributed by atoms with Gasteiger partial charge in [0.15, 0.2) is 5.69 Å². The van der Waals surface area contributed by atoms with E-state index in [4.69, 9.17) is 9.26 Å². The van der Waals surface area contributed by atoms with E-state index in [9.17, 15) is 9.59 Å². The second kappa shape index (κ2) is 7.39. The number of aromatic nitrogens is 1. The van der Waals surface area contributed by atoms with Gasteiger partial charge in [-0.2, -0.15) is 0 Å². The van der Waals surface area contributed by atoms with E-state index in [2.05, 4.69) is 10.5 Å². The van der Waals surface area contributed by atoms with Gasteiger partial charge < -0.3 is 14.6 Å². The van der Waals surface area contributed by atoms with Gasteiger partial charge in [-0.15, -0.1) is 11.3 Å². The van der Waals surface area contributed by atoms with Crippen LogP contribution in [0, 0.1) is 0 Å². The van der Waals surface area contributed by atoms with Crippen LogP contribution in [0.1, 0.15) is 76.6 Å². The van der Waals surface area contributed by atoms with Crippen LogP contribution in [0.3, 0.4) is 0 Å². The lowest BCUT2D eigenvalue weighted by Crippen LogP contribution is -2.16. The Bertz CT molecular complexity index is 791. The average Bonchev–Trinajstić information content (AvgIpc) is 3.19. The van der Waals surface area contributed by atoms with Crippen molar-refractivity contribution in [2.24, 2.45) is 0 Å². The molecular formula is C18H22N2O4S. The van der Waals surface area contributed by atoms with Gasteiger partial charge in [-0.1, -0.05) is 19.0 Å². The molecule has 2 heterocycles. The Hall–Kier alpha value is -2.15. The molecule has 0 saturated carbocycles. The fourth-order valence-corrected chi connectivity index (χ4v) is 4.18. The lowest BCUT2D eigenvalue weighted by molar-refractivity contribution is 0.0526. The van der Waals surface area contributed by atoms with Crippen LogP contribution >= 0.6 is 11.3 Å². The van der Waals surface area contributed by atoms with E-state index in [0.717, 1.165) is 36.1 Å². The monoisotopic (exact) mass is 362 g/mol. The number of thiophene rings is 1. The smallest absolute Gasteiger partial charge is 0.341 e. The zero-order valence-electron chi connectivity index (χ0n) is 14.7. The molecule has 0 spiro atoms. The van der Waals surface area contributed by atoms with Gasteiger partial charge in [0.1, 0.15) is 10.8 Å². The molecule has 25 heavy (non-hydrogen) atoms. The summed E-state index contributed by atoms with van der Waals surface area (Å²) in [4.78, 5) is 26.1. The molecule has 0 aromatic carbocycles. The quantitative estimate of drug-likeness (QED) is 0.808. The molecule has 134 valence electrons. The van der Waals surface area contributed by atoms with Crippen molar-refractivity contribution in [3.63, 3.8) is 0 Å². The van der Waals surface area contributed by atoms with E-state index in [1.807, 2.05) is 13.8 Å². The number of carbonyl (C=O) groups is 2. The predicted molar refractivity (Wildman–Crippen MR) is 95.5 cm³/mol. The van der Waals surface area contributed by atoms with Crippen LogP contribution in [0.5, 0.6) is 0 Å². The average molecular weight is 362 g/mol. The Morgan fingerprint density at radius 3 is 2.80 bits per heavy atom. The summed E-state index contributed by atoms with van der Waals surface area (Å²) in [6, 6.07) is 1.64. The van der Waals surface area contributed by atoms with Crippen LogP contribution in [-0.2, 0) is 17.6 Å². The van der Waals surface area contributed by atoms with E-state index in [1.165, 1.54) is 11.3 Å². The Morgan fingerprint density at radius 2 is 2.12 bits per heavy atom. The lowest BCUT2D eigenvalue weighted by Gasteiger charge is -2.12. The largest absolute Gasteiger partial charge is 0.462 e. The standard InChI is InChI=1S/C18H22N2O4S/c1-4-23-18(22)15-11-7-5-6-8-14(11)25-17(15)19-16(21)12-9-13(10(2)3)24-20-12/h9-10H,4-8H2,1-3H3,(H,19,21). The van der Waals surface area contributed by atoms with Crippen molar-refractivity contribution in [2.75, 3.05) is 11.9 Å². The number of hydrogen-bond donors (Lipinski definition) is 1. The highest BCUT2D eigenvalue weighted by atomic mass is 32.1. The van der Waals surface area contributed by atoms with Crippen LogP contribution in [-0.4, -0.2) is 23.6 Å². The fourth-order valence-electron chi connectivity index (χ4n) is 2.91. The first kappa shape index (κ1) is 17.7. The lowest BCUT2D eigenvalue weighted by atomic mass is 9.95. The highest BCUT2D eigenvalue weighted by molar-refractivity contribution is 7.17. The summed E-state index contributed by atoms with van der Waals surface area (Å²) in [7, 11) is 0. The van der Waals surface area contributed by atoms with Gasteiger partial charge in [0, 0.05) is 16.9 Å². The molecule has 1 N–H and O–H groups in total. The van der Waals surface area contributed by atoms with Crippen molar-refractivity contribution in [1.29, 1.82) is 0 Å². The molecule has 0 radical (unpaired) electrons. The first-order chi connectivity index (χ1) is 12.0. The van der Waals surface area contributed by atoms with Crippen LogP contribution in [0.25, 0.3) is 0 Å². The van der Waals surface area contributed by atoms with Crippen molar-refractivity contribution >= 4 is 28.2 Å². The highest BCUT2D eigenvalue weighted by Gasteiger charge is 2.28.